The second-order valence-electron chi connectivity index (χ2n) is 6.99. The lowest BCUT2D eigenvalue weighted by Crippen LogP contribution is -1.87. The predicted octanol–water partition coefficient (Wildman–Crippen LogP) is 5.14. The fraction of sp³-hybridized carbons (Fsp3) is 0. The minimum atomic E-state index is -0.237. The molecule has 0 bridgehead atoms. The van der Waals surface area contributed by atoms with Crippen LogP contribution in [0.1, 0.15) is 0 Å². The second kappa shape index (κ2) is 6.71. The maximum absolute atomic E-state index is 13.6. The number of aromatic amines is 2. The topological polar surface area (TPSA) is 103 Å². The Kier molecular flexibility index (Phi) is 3.84. The van der Waals surface area contributed by atoms with Gasteiger partial charge in [-0.3, -0.25) is 10.1 Å². The molecular weight excluding hydrogens is 415 g/mol. The van der Waals surface area contributed by atoms with Crippen LogP contribution in [0.2, 0.25) is 0 Å². The first-order valence-corrected chi connectivity index (χ1v) is 10.2. The van der Waals surface area contributed by atoms with Crippen LogP contribution in [0.25, 0.3) is 55.3 Å². The van der Waals surface area contributed by atoms with Crippen LogP contribution >= 0.6 is 11.3 Å². The summed E-state index contributed by atoms with van der Waals surface area (Å²) in [5.74, 6) is 0.631. The molecule has 6 rings (SSSR count). The molecule has 0 aliphatic rings. The van der Waals surface area contributed by atoms with E-state index < -0.39 is 0 Å². The van der Waals surface area contributed by atoms with E-state index in [2.05, 4.69) is 20.2 Å². The Labute approximate surface area is 178 Å². The Morgan fingerprint density at radius 1 is 0.935 bits per heavy atom. The highest BCUT2D eigenvalue weighted by Gasteiger charge is 2.17. The van der Waals surface area contributed by atoms with Crippen LogP contribution in [0.15, 0.2) is 60.9 Å². The van der Waals surface area contributed by atoms with E-state index in [4.69, 9.17) is 9.97 Å². The molecule has 0 radical (unpaired) electrons. The van der Waals surface area contributed by atoms with Crippen LogP contribution in [0.4, 0.5) is 4.39 Å². The largest absolute Gasteiger partial charge is 0.506 e. The Morgan fingerprint density at radius 3 is 2.71 bits per heavy atom. The molecule has 7 nitrogen and oxygen atoms in total. The number of rotatable bonds is 3. The number of para-hydroxylation sites is 1. The van der Waals surface area contributed by atoms with Crippen molar-refractivity contribution in [2.24, 2.45) is 0 Å². The van der Waals surface area contributed by atoms with Gasteiger partial charge in [-0.25, -0.2) is 9.97 Å². The lowest BCUT2D eigenvalue weighted by atomic mass is 10.1. The van der Waals surface area contributed by atoms with Crippen molar-refractivity contribution in [3.8, 4) is 39.0 Å². The molecule has 1 aromatic carbocycles. The zero-order valence-electron chi connectivity index (χ0n) is 15.8. The number of H-pyrrole nitrogens is 2. The molecule has 0 aliphatic heterocycles. The normalized spacial score (nSPS) is 11.5. The molecule has 0 amide bonds. The maximum atomic E-state index is 13.6. The smallest absolute Gasteiger partial charge is 0.176 e. The summed E-state index contributed by atoms with van der Waals surface area (Å²) >= 11 is 1.08. The molecule has 3 N–H and O–H groups in total. The van der Waals surface area contributed by atoms with Crippen molar-refractivity contribution in [3.63, 3.8) is 0 Å². The fourth-order valence-corrected chi connectivity index (χ4v) is 4.35. The van der Waals surface area contributed by atoms with E-state index in [1.807, 2.05) is 30.3 Å². The SMILES string of the molecule is Oc1cncc(-c2ccc3[nH]nc(-c4nc5c(-c6ccc(F)s6)cccc5[nH]4)c3n2)c1. The number of halogens is 1. The van der Waals surface area contributed by atoms with Crippen molar-refractivity contribution in [1.82, 2.24) is 30.1 Å². The zero-order valence-corrected chi connectivity index (χ0v) is 16.6. The van der Waals surface area contributed by atoms with Gasteiger partial charge in [-0.05, 0) is 36.4 Å². The predicted molar refractivity (Wildman–Crippen MR) is 117 cm³/mol. The molecule has 6 aromatic rings. The first kappa shape index (κ1) is 17.7. The summed E-state index contributed by atoms with van der Waals surface area (Å²) in [5.41, 5.74) is 5.74. The van der Waals surface area contributed by atoms with Gasteiger partial charge in [0.1, 0.15) is 11.3 Å². The monoisotopic (exact) mass is 428 g/mol. The van der Waals surface area contributed by atoms with Crippen LogP contribution in [0.5, 0.6) is 5.75 Å². The van der Waals surface area contributed by atoms with E-state index in [-0.39, 0.29) is 10.9 Å². The number of nitrogens with zero attached hydrogens (tertiary/aromatic N) is 4. The van der Waals surface area contributed by atoms with E-state index in [1.165, 1.54) is 12.3 Å². The van der Waals surface area contributed by atoms with Crippen LogP contribution < -0.4 is 0 Å². The van der Waals surface area contributed by atoms with Crippen molar-refractivity contribution in [2.75, 3.05) is 0 Å². The van der Waals surface area contributed by atoms with Gasteiger partial charge in [0.2, 0.25) is 0 Å². The number of thiophene rings is 1. The van der Waals surface area contributed by atoms with Gasteiger partial charge in [0.15, 0.2) is 16.6 Å². The number of benzene rings is 1. The average Bonchev–Trinajstić information content (AvgIpc) is 3.50. The number of hydrogen-bond donors (Lipinski definition) is 3. The van der Waals surface area contributed by atoms with Gasteiger partial charge in [-0.2, -0.15) is 9.49 Å². The van der Waals surface area contributed by atoms with Gasteiger partial charge in [-0.1, -0.05) is 12.1 Å². The minimum absolute atomic E-state index is 0.0710. The molecule has 0 atom stereocenters. The van der Waals surface area contributed by atoms with Crippen LogP contribution in [-0.4, -0.2) is 35.2 Å². The van der Waals surface area contributed by atoms with E-state index in [0.717, 1.165) is 38.3 Å². The molecule has 0 fully saturated rings. The van der Waals surface area contributed by atoms with Crippen LogP contribution in [0, 0.1) is 5.13 Å². The quantitative estimate of drug-likeness (QED) is 0.362. The molecule has 0 saturated carbocycles. The van der Waals surface area contributed by atoms with Gasteiger partial charge in [0.25, 0.3) is 0 Å². The molecule has 5 heterocycles. The summed E-state index contributed by atoms with van der Waals surface area (Å²) in [7, 11) is 0. The zero-order chi connectivity index (χ0) is 20.9. The van der Waals surface area contributed by atoms with Crippen molar-refractivity contribution in [1.29, 1.82) is 0 Å². The van der Waals surface area contributed by atoms with Gasteiger partial charge >= 0.3 is 0 Å². The van der Waals surface area contributed by atoms with Gasteiger partial charge in [0.05, 0.1) is 28.4 Å². The molecular formula is C22H13FN6OS. The highest BCUT2D eigenvalue weighted by Crippen LogP contribution is 2.34. The van der Waals surface area contributed by atoms with E-state index in [9.17, 15) is 9.50 Å². The summed E-state index contributed by atoms with van der Waals surface area (Å²) in [4.78, 5) is 17.6. The first-order valence-electron chi connectivity index (χ1n) is 9.40. The van der Waals surface area contributed by atoms with Crippen LogP contribution in [0.3, 0.4) is 0 Å². The van der Waals surface area contributed by atoms with Gasteiger partial charge in [0, 0.05) is 22.2 Å². The van der Waals surface area contributed by atoms with Crippen molar-refractivity contribution in [2.45, 2.75) is 0 Å². The Hall–Kier alpha value is -4.11. The number of aromatic hydroxyl groups is 1. The number of imidazole rings is 1. The third-order valence-electron chi connectivity index (χ3n) is 5.00. The fourth-order valence-electron chi connectivity index (χ4n) is 3.59. The molecule has 0 unspecified atom stereocenters. The molecule has 5 aromatic heterocycles. The lowest BCUT2D eigenvalue weighted by molar-refractivity contribution is 0.473. The number of fused-ring (bicyclic) bond motifs is 2. The molecule has 0 spiro atoms. The number of hydrogen-bond acceptors (Lipinski definition) is 6. The third-order valence-corrected chi connectivity index (χ3v) is 5.91. The molecule has 9 heteroatoms. The second-order valence-corrected chi connectivity index (χ2v) is 8.02. The first-order chi connectivity index (χ1) is 15.2. The summed E-state index contributed by atoms with van der Waals surface area (Å²) in [5, 5.41) is 16.9. The van der Waals surface area contributed by atoms with Gasteiger partial charge < -0.3 is 10.1 Å². The summed E-state index contributed by atoms with van der Waals surface area (Å²) in [6.07, 6.45) is 3.01. The third kappa shape index (κ3) is 2.94. The Bertz CT molecular complexity index is 1580. The standard InChI is InChI=1S/C22H13FN6OS/c23-18-7-6-17(31-18)13-2-1-3-15-19(13)27-22(26-15)21-20-16(28-29-21)5-4-14(25-20)11-8-12(30)10-24-9-11/h1-10,30H,(H,26,27)(H,28,29). The lowest BCUT2D eigenvalue weighted by Gasteiger charge is -2.01. The van der Waals surface area contributed by atoms with Crippen LogP contribution in [-0.2, 0) is 0 Å². The highest BCUT2D eigenvalue weighted by atomic mass is 32.1. The summed E-state index contributed by atoms with van der Waals surface area (Å²) in [6, 6.07) is 14.3. The van der Waals surface area contributed by atoms with Crippen molar-refractivity contribution in [3.05, 3.63) is 66.1 Å². The maximum Gasteiger partial charge on any atom is 0.176 e. The molecule has 31 heavy (non-hydrogen) atoms. The summed E-state index contributed by atoms with van der Waals surface area (Å²) in [6.45, 7) is 0. The molecule has 0 aliphatic carbocycles. The van der Waals surface area contributed by atoms with Crippen molar-refractivity contribution >= 4 is 33.4 Å². The molecule has 150 valence electrons. The summed E-state index contributed by atoms with van der Waals surface area (Å²) < 4.78 is 13.6. The minimum Gasteiger partial charge on any atom is -0.506 e. The Balaban J connectivity index is 1.51. The van der Waals surface area contributed by atoms with E-state index >= 15 is 0 Å². The van der Waals surface area contributed by atoms with Crippen molar-refractivity contribution < 1.29 is 9.50 Å². The van der Waals surface area contributed by atoms with E-state index in [1.54, 1.807) is 18.3 Å². The molecule has 0 saturated heterocycles. The Morgan fingerprint density at radius 2 is 1.87 bits per heavy atom. The van der Waals surface area contributed by atoms with Gasteiger partial charge in [-0.15, -0.1) is 11.3 Å². The number of nitrogens with one attached hydrogen (secondary N) is 2. The highest BCUT2D eigenvalue weighted by molar-refractivity contribution is 7.14. The number of pyridine rings is 2. The number of aromatic nitrogens is 6. The van der Waals surface area contributed by atoms with E-state index in [0.29, 0.717) is 28.3 Å². The average molecular weight is 428 g/mol.